The van der Waals surface area contributed by atoms with E-state index >= 15 is 0 Å². The van der Waals surface area contributed by atoms with Gasteiger partial charge in [-0.1, -0.05) is 5.16 Å². The Labute approximate surface area is 117 Å². The van der Waals surface area contributed by atoms with Gasteiger partial charge < -0.3 is 16.3 Å². The smallest absolute Gasteiger partial charge is 0.276 e. The second-order valence-electron chi connectivity index (χ2n) is 3.94. The number of H-pyrrole nitrogens is 1. The number of amidine groups is 1. The molecular formula is C12H10FN5O3. The van der Waals surface area contributed by atoms with E-state index in [0.29, 0.717) is 0 Å². The van der Waals surface area contributed by atoms with E-state index in [4.69, 9.17) is 10.9 Å². The van der Waals surface area contributed by atoms with Gasteiger partial charge in [0.1, 0.15) is 11.5 Å². The number of nitrogens with zero attached hydrogens (tertiary/aromatic N) is 2. The van der Waals surface area contributed by atoms with Crippen LogP contribution in [0.25, 0.3) is 0 Å². The Bertz CT molecular complexity index is 751. The number of nitrogens with two attached hydrogens (primary N) is 1. The van der Waals surface area contributed by atoms with Gasteiger partial charge in [0, 0.05) is 11.8 Å². The van der Waals surface area contributed by atoms with E-state index in [2.05, 4.69) is 20.7 Å². The second kappa shape index (κ2) is 5.82. The van der Waals surface area contributed by atoms with Crippen molar-refractivity contribution in [3.8, 4) is 0 Å². The Morgan fingerprint density at radius 3 is 2.76 bits per heavy atom. The van der Waals surface area contributed by atoms with E-state index in [-0.39, 0.29) is 16.9 Å². The third-order valence-corrected chi connectivity index (χ3v) is 2.52. The van der Waals surface area contributed by atoms with Gasteiger partial charge in [-0.15, -0.1) is 0 Å². The highest BCUT2D eigenvalue weighted by molar-refractivity contribution is 6.04. The van der Waals surface area contributed by atoms with Crippen LogP contribution in [0.5, 0.6) is 0 Å². The van der Waals surface area contributed by atoms with Crippen molar-refractivity contribution in [2.75, 3.05) is 5.32 Å². The van der Waals surface area contributed by atoms with Gasteiger partial charge in [-0.05, 0) is 24.3 Å². The first-order chi connectivity index (χ1) is 10.0. The number of hydrogen-bond acceptors (Lipinski definition) is 5. The largest absolute Gasteiger partial charge is 0.409 e. The monoisotopic (exact) mass is 291 g/mol. The third kappa shape index (κ3) is 3.21. The fourth-order valence-electron chi connectivity index (χ4n) is 1.52. The predicted molar refractivity (Wildman–Crippen MR) is 71.7 cm³/mol. The molecule has 0 radical (unpaired) electrons. The van der Waals surface area contributed by atoms with Crippen LogP contribution in [0.15, 0.2) is 40.3 Å². The maximum absolute atomic E-state index is 13.5. The Morgan fingerprint density at radius 1 is 1.38 bits per heavy atom. The van der Waals surface area contributed by atoms with Gasteiger partial charge in [-0.25, -0.2) is 9.49 Å². The Balaban J connectivity index is 2.25. The van der Waals surface area contributed by atoms with E-state index < -0.39 is 23.1 Å². The summed E-state index contributed by atoms with van der Waals surface area (Å²) in [5.41, 5.74) is 4.91. The molecule has 2 aromatic rings. The number of aromatic amines is 1. The second-order valence-corrected chi connectivity index (χ2v) is 3.94. The molecule has 9 heteroatoms. The molecule has 0 aliphatic carbocycles. The molecule has 0 saturated heterocycles. The summed E-state index contributed by atoms with van der Waals surface area (Å²) in [5, 5.41) is 19.4. The minimum atomic E-state index is -0.703. The maximum atomic E-state index is 13.5. The van der Waals surface area contributed by atoms with Crippen LogP contribution in [-0.2, 0) is 0 Å². The lowest BCUT2D eigenvalue weighted by molar-refractivity contribution is 0.102. The van der Waals surface area contributed by atoms with Crippen LogP contribution in [0.1, 0.15) is 16.1 Å². The van der Waals surface area contributed by atoms with Gasteiger partial charge in [0.2, 0.25) is 0 Å². The lowest BCUT2D eigenvalue weighted by atomic mass is 10.1. The molecule has 1 aromatic heterocycles. The molecule has 0 spiro atoms. The molecule has 0 bridgehead atoms. The molecule has 0 fully saturated rings. The van der Waals surface area contributed by atoms with E-state index in [1.165, 1.54) is 18.2 Å². The molecule has 2 rings (SSSR count). The van der Waals surface area contributed by atoms with E-state index in [1.807, 2.05) is 0 Å². The average molecular weight is 291 g/mol. The number of rotatable bonds is 3. The minimum Gasteiger partial charge on any atom is -0.409 e. The molecule has 1 amide bonds. The summed E-state index contributed by atoms with van der Waals surface area (Å²) in [6.07, 6.45) is 0. The van der Waals surface area contributed by atoms with E-state index in [0.717, 1.165) is 12.1 Å². The highest BCUT2D eigenvalue weighted by Crippen LogP contribution is 2.15. The van der Waals surface area contributed by atoms with Crippen LogP contribution in [0.3, 0.4) is 0 Å². The normalized spacial score (nSPS) is 11.2. The summed E-state index contributed by atoms with van der Waals surface area (Å²) in [5.74, 6) is -1.74. The summed E-state index contributed by atoms with van der Waals surface area (Å²) in [7, 11) is 0. The first kappa shape index (κ1) is 14.2. The van der Waals surface area contributed by atoms with Crippen molar-refractivity contribution in [3.05, 3.63) is 57.8 Å². The molecule has 5 N–H and O–H groups in total. The topological polar surface area (TPSA) is 133 Å². The molecule has 0 unspecified atom stereocenters. The number of aromatic nitrogens is 2. The summed E-state index contributed by atoms with van der Waals surface area (Å²) < 4.78 is 13.5. The lowest BCUT2D eigenvalue weighted by Crippen LogP contribution is -2.19. The van der Waals surface area contributed by atoms with Crippen molar-refractivity contribution in [1.29, 1.82) is 0 Å². The van der Waals surface area contributed by atoms with Gasteiger partial charge in [-0.3, -0.25) is 9.59 Å². The molecule has 0 aliphatic rings. The minimum absolute atomic E-state index is 0.0238. The van der Waals surface area contributed by atoms with Crippen molar-refractivity contribution >= 4 is 17.4 Å². The summed E-state index contributed by atoms with van der Waals surface area (Å²) in [6.45, 7) is 0. The van der Waals surface area contributed by atoms with Crippen molar-refractivity contribution in [3.63, 3.8) is 0 Å². The van der Waals surface area contributed by atoms with Crippen molar-refractivity contribution in [2.24, 2.45) is 10.9 Å². The number of halogens is 1. The van der Waals surface area contributed by atoms with Crippen LogP contribution in [-0.4, -0.2) is 27.1 Å². The number of anilines is 1. The molecule has 1 heterocycles. The van der Waals surface area contributed by atoms with Gasteiger partial charge in [0.05, 0.1) is 5.56 Å². The summed E-state index contributed by atoms with van der Waals surface area (Å²) >= 11 is 0. The van der Waals surface area contributed by atoms with Crippen molar-refractivity contribution < 1.29 is 14.4 Å². The lowest BCUT2D eigenvalue weighted by Gasteiger charge is -2.07. The third-order valence-electron chi connectivity index (χ3n) is 2.52. The molecule has 0 aliphatic heterocycles. The summed E-state index contributed by atoms with van der Waals surface area (Å²) in [6, 6.07) is 5.95. The zero-order chi connectivity index (χ0) is 15.4. The molecule has 0 saturated carbocycles. The first-order valence-corrected chi connectivity index (χ1v) is 5.66. The van der Waals surface area contributed by atoms with E-state index in [9.17, 15) is 14.0 Å². The number of benzene rings is 1. The fourth-order valence-corrected chi connectivity index (χ4v) is 1.52. The predicted octanol–water partition coefficient (Wildman–Crippen LogP) is 0.256. The molecular weight excluding hydrogens is 281 g/mol. The molecule has 1 aromatic carbocycles. The van der Waals surface area contributed by atoms with Crippen molar-refractivity contribution in [1.82, 2.24) is 10.2 Å². The fraction of sp³-hybridized carbons (Fsp3) is 0. The molecule has 8 nitrogen and oxygen atoms in total. The van der Waals surface area contributed by atoms with Crippen molar-refractivity contribution in [2.45, 2.75) is 0 Å². The van der Waals surface area contributed by atoms with Gasteiger partial charge in [0.15, 0.2) is 5.84 Å². The first-order valence-electron chi connectivity index (χ1n) is 5.66. The van der Waals surface area contributed by atoms with Crippen LogP contribution < -0.4 is 16.6 Å². The number of nitrogens with one attached hydrogen (secondary N) is 2. The van der Waals surface area contributed by atoms with Gasteiger partial charge >= 0.3 is 0 Å². The van der Waals surface area contributed by atoms with Gasteiger partial charge in [-0.2, -0.15) is 5.10 Å². The van der Waals surface area contributed by atoms with Crippen LogP contribution in [0.2, 0.25) is 0 Å². The number of amides is 1. The van der Waals surface area contributed by atoms with E-state index in [1.54, 1.807) is 0 Å². The molecule has 108 valence electrons. The zero-order valence-corrected chi connectivity index (χ0v) is 10.5. The van der Waals surface area contributed by atoms with Crippen LogP contribution >= 0.6 is 0 Å². The zero-order valence-electron chi connectivity index (χ0n) is 10.5. The summed E-state index contributed by atoms with van der Waals surface area (Å²) in [4.78, 5) is 22.7. The SMILES string of the molecule is N/C(=N/O)c1cc(NC(=O)c2ccc(=O)[nH]n2)ccc1F. The van der Waals surface area contributed by atoms with Crippen LogP contribution in [0.4, 0.5) is 10.1 Å². The molecule has 21 heavy (non-hydrogen) atoms. The Hall–Kier alpha value is -3.23. The Kier molecular flexibility index (Phi) is 3.93. The number of oxime groups is 1. The van der Waals surface area contributed by atoms with Crippen LogP contribution in [0, 0.1) is 5.82 Å². The quantitative estimate of drug-likeness (QED) is 0.278. The average Bonchev–Trinajstić information content (AvgIpc) is 2.49. The van der Waals surface area contributed by atoms with Gasteiger partial charge in [0.25, 0.3) is 11.5 Å². The standard InChI is InChI=1S/C12H10FN5O3/c13-8-2-1-6(5-7(8)11(14)18-21)15-12(20)9-3-4-10(19)17-16-9/h1-5,21H,(H2,14,18)(H,15,20)(H,17,19). The Morgan fingerprint density at radius 2 is 2.14 bits per heavy atom. The maximum Gasteiger partial charge on any atom is 0.276 e. The number of carbonyl (C=O) groups is 1. The molecule has 0 atom stereocenters. The highest BCUT2D eigenvalue weighted by atomic mass is 19.1. The number of hydrogen-bond donors (Lipinski definition) is 4. The highest BCUT2D eigenvalue weighted by Gasteiger charge is 2.12. The number of carbonyl (C=O) groups excluding carboxylic acids is 1.